The maximum Gasteiger partial charge on any atom is 0.0989 e. The van der Waals surface area contributed by atoms with Crippen LogP contribution in [0.1, 0.15) is 257 Å². The number of hydrogen-bond donors (Lipinski definition) is 4. The molecule has 9 rings (SSSR count). The van der Waals surface area contributed by atoms with Crippen LogP contribution in [0.2, 0.25) is 0 Å². The fraction of sp³-hybridized carbons (Fsp3) is 1.00. The Balaban J connectivity index is -0.000000132. The number of nitrogens with one attached hydrogen (secondary N) is 4. The molecule has 4 N–H and O–H groups in total. The molecule has 0 aromatic rings. The third-order valence-electron chi connectivity index (χ3n) is 16.7. The first-order valence-corrected chi connectivity index (χ1v) is 43.0. The van der Waals surface area contributed by atoms with Gasteiger partial charge < -0.3 is 74.3 Å². The molecule has 0 aromatic carbocycles. The largest absolute Gasteiger partial charge is 0.379 e. The van der Waals surface area contributed by atoms with Crippen molar-refractivity contribution in [2.24, 2.45) is 17.8 Å². The van der Waals surface area contributed by atoms with Gasteiger partial charge in [-0.2, -0.15) is 0 Å². The highest BCUT2D eigenvalue weighted by molar-refractivity contribution is 4.65. The molecule has 0 radical (unpaired) electrons. The molecule has 2 atom stereocenters. The van der Waals surface area contributed by atoms with Crippen LogP contribution in [-0.4, -0.2) is 352 Å². The molecule has 0 unspecified atom stereocenters. The number of nitrogens with zero attached hydrogens (tertiary/aromatic N) is 11. The van der Waals surface area contributed by atoms with Gasteiger partial charge in [-0.05, 0) is 321 Å². The molecule has 0 aromatic heterocycles. The normalized spacial score (nSPS) is 19.4. The SMILES string of the molecule is CC(C)C.CC1CCCC1.CC1CCCCC1.CCC.CCCCN(C)C.CCCCNC.CCN(C)C.CCNC.CN(C)C.CN(C)CCN(C)C.CN1CCC1.CN1CCCC1.CN1CCCCC1.CN1CCCCC1.CN1CCOC1.CNN(C)C.C[C@@H]1CCCCO1.C[C@H]1COCCN1. The number of unbranched alkanes of at least 4 members (excludes halogenated alkanes) is 2. The molecular formula is C86H205N15O3. The van der Waals surface area contributed by atoms with E-state index >= 15 is 0 Å². The molecule has 7 saturated heterocycles. The highest BCUT2D eigenvalue weighted by Crippen LogP contribution is 2.23. The zero-order chi connectivity index (χ0) is 81.4. The number of likely N-dealkylation sites (tertiary alicyclic amines) is 4. The number of piperidine rings is 2. The molecule has 2 aliphatic carbocycles. The predicted molar refractivity (Wildman–Crippen MR) is 474 cm³/mol. The standard InChI is InChI=1S/C7H14.C6H16N2.2C6H13N.C6H15N.C6H12O.C6H12.C5H11NO.C5H11N.C5H13N.C4H9NO.C4H9N.C4H11N.C4H10.C3H10N2.2C3H9N.C3H8/c1-7-5-3-2-4-6-7;1-7(2)5-6-8(3)4;2*1-7-5-3-2-4-6-7;1-4-5-6-7(2)3;1-6-4-2-3-5-7-6;1-6-4-2-3-5-6;1-5-4-7-3-2-6-5;1-6-4-2-3-5-6;1-3-4-5-6-2;1-5-2-3-6-4-5;1-5-3-2-4-5;1-4-5(2)3;1-4(2)3;1-4-5(2)3;1-4(2)3;1-3-4-2;1-3-2/h7H,2-6H2,1H3;5-6H2,1-4H3;2*2-6H2,1H3;4-6H2,1-3H3;6H,2-5H2,1H3;6H,2-5H2,1H3;5-6H,2-4H2,1H3;2-5H2,1H3;6H,3-5H2,1-2H3;2-4H2,1H3;2-4H2,1H3;4H2,1-3H3;4H,1-3H3;4H,1-3H3;1-3H3;4H,3H2,1-2H3;3H2,1-2H3/t;;;;;6-;;5-;;;;;;;;;;/m.....1.0........../s1. The van der Waals surface area contributed by atoms with Crippen molar-refractivity contribution in [3.05, 3.63) is 0 Å². The van der Waals surface area contributed by atoms with Gasteiger partial charge in [0, 0.05) is 52.9 Å². The smallest absolute Gasteiger partial charge is 0.0989 e. The summed E-state index contributed by atoms with van der Waals surface area (Å²) in [4.78, 5) is 22.3. The summed E-state index contributed by atoms with van der Waals surface area (Å²) in [6.07, 6.45) is 37.1. The summed E-state index contributed by atoms with van der Waals surface area (Å²) in [5.41, 5.74) is 2.86. The lowest BCUT2D eigenvalue weighted by Gasteiger charge is -2.24. The van der Waals surface area contributed by atoms with Gasteiger partial charge in [-0.3, -0.25) is 15.3 Å². The first kappa shape index (κ1) is 122. The highest BCUT2D eigenvalue weighted by atomic mass is 16.5. The molecule has 7 heterocycles. The van der Waals surface area contributed by atoms with E-state index in [1.807, 2.05) is 73.3 Å². The summed E-state index contributed by atoms with van der Waals surface area (Å²) >= 11 is 0. The molecule has 0 amide bonds. The quantitative estimate of drug-likeness (QED) is 0.110. The van der Waals surface area contributed by atoms with E-state index in [4.69, 9.17) is 14.2 Å². The van der Waals surface area contributed by atoms with Crippen molar-refractivity contribution in [1.29, 1.82) is 0 Å². The Morgan fingerprint density at radius 1 is 0.413 bits per heavy atom. The molecule has 9 aliphatic rings. The Morgan fingerprint density at radius 2 is 0.750 bits per heavy atom. The van der Waals surface area contributed by atoms with E-state index in [0.717, 1.165) is 96.7 Å². The van der Waals surface area contributed by atoms with E-state index in [2.05, 4.69) is 240 Å². The second-order valence-corrected chi connectivity index (χ2v) is 32.5. The maximum atomic E-state index is 5.28. The van der Waals surface area contributed by atoms with Crippen molar-refractivity contribution in [1.82, 2.24) is 75.4 Å². The van der Waals surface area contributed by atoms with Crippen LogP contribution in [0.3, 0.4) is 0 Å². The van der Waals surface area contributed by atoms with Crippen molar-refractivity contribution < 1.29 is 14.2 Å². The van der Waals surface area contributed by atoms with Crippen LogP contribution in [0, 0.1) is 17.8 Å². The zero-order valence-corrected chi connectivity index (χ0v) is 78.3. The number of hydrazine groups is 1. The summed E-state index contributed by atoms with van der Waals surface area (Å²) in [7, 11) is 43.1. The minimum absolute atomic E-state index is 0.536. The minimum atomic E-state index is 0.536. The summed E-state index contributed by atoms with van der Waals surface area (Å²) in [5.74, 6) is 2.92. The monoisotopic (exact) mass is 1500 g/mol. The molecule has 104 heavy (non-hydrogen) atoms. The molecular weight excluding hydrogens is 1290 g/mol. The van der Waals surface area contributed by atoms with Gasteiger partial charge >= 0.3 is 0 Å². The van der Waals surface area contributed by atoms with E-state index < -0.39 is 0 Å². The summed E-state index contributed by atoms with van der Waals surface area (Å²) in [6.45, 7) is 52.3. The lowest BCUT2D eigenvalue weighted by atomic mass is 9.91. The van der Waals surface area contributed by atoms with Gasteiger partial charge in [0.05, 0.1) is 32.7 Å². The second-order valence-electron chi connectivity index (χ2n) is 32.5. The van der Waals surface area contributed by atoms with Gasteiger partial charge in [0.15, 0.2) is 0 Å². The van der Waals surface area contributed by atoms with Crippen molar-refractivity contribution in [3.8, 4) is 0 Å². The van der Waals surface area contributed by atoms with E-state index in [0.29, 0.717) is 12.1 Å². The first-order chi connectivity index (χ1) is 49.2. The topological polar surface area (TPSA) is 111 Å². The first-order valence-electron chi connectivity index (χ1n) is 43.0. The summed E-state index contributed by atoms with van der Waals surface area (Å²) in [6, 6.07) is 0.564. The number of morpholine rings is 1. The van der Waals surface area contributed by atoms with E-state index in [9.17, 15) is 0 Å². The predicted octanol–water partition coefficient (Wildman–Crippen LogP) is 15.7. The molecule has 7 aliphatic heterocycles. The van der Waals surface area contributed by atoms with Crippen LogP contribution in [-0.2, 0) is 14.2 Å². The van der Waals surface area contributed by atoms with Crippen LogP contribution in [0.15, 0.2) is 0 Å². The van der Waals surface area contributed by atoms with E-state index in [1.165, 1.54) is 226 Å². The number of hydrogen-bond acceptors (Lipinski definition) is 18. The van der Waals surface area contributed by atoms with E-state index in [1.54, 1.807) is 0 Å². The third kappa shape index (κ3) is 147. The molecule has 0 spiro atoms. The third-order valence-corrected chi connectivity index (χ3v) is 16.7. The zero-order valence-electron chi connectivity index (χ0n) is 78.3. The van der Waals surface area contributed by atoms with Crippen molar-refractivity contribution in [3.63, 3.8) is 0 Å². The van der Waals surface area contributed by atoms with Crippen LogP contribution in [0.4, 0.5) is 0 Å². The Bertz CT molecular complexity index is 1210. The lowest BCUT2D eigenvalue weighted by Crippen LogP contribution is -2.38. The van der Waals surface area contributed by atoms with Gasteiger partial charge in [-0.25, -0.2) is 0 Å². The number of rotatable bonds is 12. The van der Waals surface area contributed by atoms with Gasteiger partial charge in [0.1, 0.15) is 0 Å². The van der Waals surface area contributed by atoms with Crippen molar-refractivity contribution in [2.45, 2.75) is 269 Å². The average Bonchev–Trinajstić information content (AvgIpc) is 1.88. The Morgan fingerprint density at radius 3 is 0.865 bits per heavy atom. The Labute approximate surface area is 659 Å². The number of likely N-dealkylation sites (N-methyl/N-ethyl adjacent to an activating group) is 3. The van der Waals surface area contributed by atoms with Crippen LogP contribution in [0.25, 0.3) is 0 Å². The molecule has 9 fully saturated rings. The Hall–Kier alpha value is -0.720. The average molecular weight is 1500 g/mol. The fourth-order valence-electron chi connectivity index (χ4n) is 9.22. The summed E-state index contributed by atoms with van der Waals surface area (Å²) in [5, 5.41) is 11.1. The molecule has 642 valence electrons. The van der Waals surface area contributed by atoms with Crippen molar-refractivity contribution >= 4 is 0 Å². The molecule has 2 saturated carbocycles. The molecule has 18 heteroatoms. The summed E-state index contributed by atoms with van der Waals surface area (Å²) < 4.78 is 15.4. The van der Waals surface area contributed by atoms with Gasteiger partial charge in [-0.1, -0.05) is 166 Å². The van der Waals surface area contributed by atoms with Crippen molar-refractivity contribution in [2.75, 3.05) is 286 Å². The van der Waals surface area contributed by atoms with Crippen LogP contribution in [0.5, 0.6) is 0 Å². The van der Waals surface area contributed by atoms with Gasteiger partial charge in [0.2, 0.25) is 0 Å². The van der Waals surface area contributed by atoms with Gasteiger partial charge in [-0.15, -0.1) is 0 Å². The molecule has 0 bridgehead atoms. The van der Waals surface area contributed by atoms with Crippen LogP contribution >= 0.6 is 0 Å². The molecule has 18 nitrogen and oxygen atoms in total. The fourth-order valence-corrected chi connectivity index (χ4v) is 9.22. The highest BCUT2D eigenvalue weighted by Gasteiger charge is 2.10. The minimum Gasteiger partial charge on any atom is -0.379 e. The number of ether oxygens (including phenoxy) is 3. The van der Waals surface area contributed by atoms with E-state index in [-0.39, 0.29) is 0 Å². The maximum absolute atomic E-state index is 5.28. The van der Waals surface area contributed by atoms with Crippen LogP contribution < -0.4 is 21.4 Å². The van der Waals surface area contributed by atoms with Gasteiger partial charge in [0.25, 0.3) is 0 Å². The Kier molecular flexibility index (Phi) is 120. The lowest BCUT2D eigenvalue weighted by molar-refractivity contribution is 0.0285. The second kappa shape index (κ2) is 102.